The summed E-state index contributed by atoms with van der Waals surface area (Å²) in [6, 6.07) is 7.17. The van der Waals surface area contributed by atoms with Gasteiger partial charge in [0.25, 0.3) is 0 Å². The Morgan fingerprint density at radius 2 is 1.80 bits per heavy atom. The highest BCUT2D eigenvalue weighted by Gasteiger charge is 2.28. The zero-order chi connectivity index (χ0) is 14.5. The first-order valence-electron chi connectivity index (χ1n) is 6.44. The van der Waals surface area contributed by atoms with Gasteiger partial charge < -0.3 is 9.90 Å². The molecule has 0 N–H and O–H groups in total. The predicted molar refractivity (Wildman–Crippen MR) is 70.0 cm³/mol. The van der Waals surface area contributed by atoms with E-state index in [9.17, 15) is 19.5 Å². The Morgan fingerprint density at radius 3 is 2.35 bits per heavy atom. The van der Waals surface area contributed by atoms with Gasteiger partial charge in [0.15, 0.2) is 0 Å². The summed E-state index contributed by atoms with van der Waals surface area (Å²) in [6.07, 6.45) is 2.40. The van der Waals surface area contributed by atoms with Gasteiger partial charge in [-0.15, -0.1) is 0 Å². The average Bonchev–Trinajstić information content (AvgIpc) is 2.43. The molecule has 0 saturated heterocycles. The first-order valence-corrected chi connectivity index (χ1v) is 6.44. The maximum atomic E-state index is 11.6. The van der Waals surface area contributed by atoms with Gasteiger partial charge in [-0.3, -0.25) is 14.6 Å². The average molecular weight is 272 g/mol. The van der Waals surface area contributed by atoms with Crippen LogP contribution in [0.1, 0.15) is 30.9 Å². The molecule has 104 valence electrons. The maximum absolute atomic E-state index is 11.6. The van der Waals surface area contributed by atoms with E-state index >= 15 is 0 Å². The summed E-state index contributed by atoms with van der Waals surface area (Å²) in [4.78, 5) is 38.3. The number of hydrogen-bond acceptors (Lipinski definition) is 5. The molecular weight excluding hydrogens is 258 g/mol. The zero-order valence-electron chi connectivity index (χ0n) is 10.8. The van der Waals surface area contributed by atoms with Crippen molar-refractivity contribution in [2.75, 3.05) is 0 Å². The van der Waals surface area contributed by atoms with Crippen molar-refractivity contribution in [1.82, 2.24) is 0 Å². The Hall–Kier alpha value is -2.30. The third kappa shape index (κ3) is 3.17. The van der Waals surface area contributed by atoms with Crippen LogP contribution in [0.3, 0.4) is 0 Å². The second kappa shape index (κ2) is 6.23. The summed E-state index contributed by atoms with van der Waals surface area (Å²) < 4.78 is 0. The maximum Gasteiger partial charge on any atom is 0.148 e. The first-order chi connectivity index (χ1) is 9.59. The smallest absolute Gasteiger partial charge is 0.148 e. The van der Waals surface area contributed by atoms with Gasteiger partial charge in [-0.25, -0.2) is 0 Å². The molecule has 0 aromatic heterocycles. The monoisotopic (exact) mass is 272 g/mol. The predicted octanol–water partition coefficient (Wildman–Crippen LogP) is 0.487. The second-order valence-corrected chi connectivity index (χ2v) is 4.69. The number of benzene rings is 1. The van der Waals surface area contributed by atoms with Gasteiger partial charge in [0.2, 0.25) is 0 Å². The molecule has 1 atom stereocenters. The van der Waals surface area contributed by atoms with Gasteiger partial charge in [0.05, 0.1) is 5.97 Å². The van der Waals surface area contributed by atoms with E-state index in [1.165, 1.54) is 0 Å². The van der Waals surface area contributed by atoms with Crippen molar-refractivity contribution in [3.05, 3.63) is 35.9 Å². The number of aliphatic imine (C=N–C) groups is 1. The minimum absolute atomic E-state index is 0.199. The van der Waals surface area contributed by atoms with Gasteiger partial charge in [-0.2, -0.15) is 0 Å². The molecule has 20 heavy (non-hydrogen) atoms. The Bertz CT molecular complexity index is 534. The van der Waals surface area contributed by atoms with Crippen LogP contribution in [0.2, 0.25) is 0 Å². The van der Waals surface area contributed by atoms with Crippen LogP contribution in [-0.2, 0) is 14.4 Å². The number of carboxylic acids is 1. The van der Waals surface area contributed by atoms with Crippen LogP contribution in [0.25, 0.3) is 0 Å². The summed E-state index contributed by atoms with van der Waals surface area (Å²) in [7, 11) is 0. The van der Waals surface area contributed by atoms with Crippen LogP contribution in [0.5, 0.6) is 0 Å². The van der Waals surface area contributed by atoms with Crippen molar-refractivity contribution in [3.63, 3.8) is 0 Å². The third-order valence-corrected chi connectivity index (χ3v) is 3.26. The van der Waals surface area contributed by atoms with E-state index < -0.39 is 17.9 Å². The molecule has 1 aliphatic rings. The number of carbonyl (C=O) groups is 3. The number of aliphatic carboxylic acids is 1. The van der Waals surface area contributed by atoms with Crippen molar-refractivity contribution >= 4 is 23.8 Å². The van der Waals surface area contributed by atoms with Gasteiger partial charge >= 0.3 is 0 Å². The van der Waals surface area contributed by atoms with Gasteiger partial charge in [0.1, 0.15) is 23.5 Å². The number of nitrogens with zero attached hydrogens (tertiary/aromatic N) is 1. The van der Waals surface area contributed by atoms with Crippen molar-refractivity contribution in [2.45, 2.75) is 25.3 Å². The van der Waals surface area contributed by atoms with Crippen LogP contribution < -0.4 is 5.11 Å². The van der Waals surface area contributed by atoms with E-state index in [4.69, 9.17) is 0 Å². The summed E-state index contributed by atoms with van der Waals surface area (Å²) in [5.74, 6) is -2.66. The fraction of sp³-hybridized carbons (Fsp3) is 0.333. The molecule has 1 fully saturated rings. The Morgan fingerprint density at radius 1 is 1.20 bits per heavy atom. The summed E-state index contributed by atoms with van der Waals surface area (Å²) >= 11 is 0. The molecule has 0 radical (unpaired) electrons. The number of carbonyl (C=O) groups excluding carboxylic acids is 3. The Kier molecular flexibility index (Phi) is 4.40. The number of carboxylic acid groups (broad SMARTS) is 1. The molecule has 0 heterocycles. The lowest BCUT2D eigenvalue weighted by Gasteiger charge is -2.18. The van der Waals surface area contributed by atoms with E-state index in [1.807, 2.05) is 0 Å². The molecule has 1 aliphatic carbocycles. The lowest BCUT2D eigenvalue weighted by atomic mass is 9.87. The number of ketones is 2. The highest BCUT2D eigenvalue weighted by atomic mass is 16.4. The van der Waals surface area contributed by atoms with Crippen LogP contribution in [0.15, 0.2) is 35.3 Å². The Balaban J connectivity index is 2.20. The minimum Gasteiger partial charge on any atom is -0.547 e. The fourth-order valence-corrected chi connectivity index (χ4v) is 2.18. The van der Waals surface area contributed by atoms with E-state index in [-0.39, 0.29) is 11.6 Å². The number of hydrogen-bond donors (Lipinski definition) is 0. The standard InChI is InChI=1S/C15H15NO4/c17-12-7-4-8-13(18)11(12)9-16-14(15(19)20)10-5-2-1-3-6-10/h1-3,5-6,9,11,14H,4,7-8H2,(H,19,20)/p-1/t14-/m0/s1. The molecule has 5 heteroatoms. The van der Waals surface area contributed by atoms with Crippen molar-refractivity contribution < 1.29 is 19.5 Å². The van der Waals surface area contributed by atoms with Crippen molar-refractivity contribution in [2.24, 2.45) is 10.9 Å². The van der Waals surface area contributed by atoms with E-state index in [2.05, 4.69) is 4.99 Å². The van der Waals surface area contributed by atoms with Crippen LogP contribution >= 0.6 is 0 Å². The second-order valence-electron chi connectivity index (χ2n) is 4.69. The normalized spacial score (nSPS) is 18.4. The van der Waals surface area contributed by atoms with Crippen molar-refractivity contribution in [3.8, 4) is 0 Å². The zero-order valence-corrected chi connectivity index (χ0v) is 10.8. The van der Waals surface area contributed by atoms with E-state index in [0.29, 0.717) is 24.8 Å². The van der Waals surface area contributed by atoms with Gasteiger partial charge in [-0.1, -0.05) is 30.3 Å². The largest absolute Gasteiger partial charge is 0.547 e. The first kappa shape index (κ1) is 14.1. The molecule has 0 amide bonds. The van der Waals surface area contributed by atoms with Crippen LogP contribution in [0.4, 0.5) is 0 Å². The molecule has 0 unspecified atom stereocenters. The summed E-state index contributed by atoms with van der Waals surface area (Å²) in [5, 5.41) is 11.1. The topological polar surface area (TPSA) is 86.6 Å². The Labute approximate surface area is 116 Å². The molecule has 0 aliphatic heterocycles. The van der Waals surface area contributed by atoms with Crippen LogP contribution in [0, 0.1) is 5.92 Å². The van der Waals surface area contributed by atoms with E-state index in [1.54, 1.807) is 30.3 Å². The number of rotatable bonds is 4. The molecule has 1 aromatic rings. The molecular formula is C15H14NO4-. The lowest BCUT2D eigenvalue weighted by molar-refractivity contribution is -0.307. The molecule has 1 saturated carbocycles. The SMILES string of the molecule is O=C1CCCC(=O)C1C=N[C@H](C(=O)[O-])c1ccccc1. The molecule has 0 spiro atoms. The van der Waals surface area contributed by atoms with Gasteiger partial charge in [0, 0.05) is 19.1 Å². The summed E-state index contributed by atoms with van der Waals surface area (Å²) in [6.45, 7) is 0. The lowest BCUT2D eigenvalue weighted by Crippen LogP contribution is -2.32. The number of Topliss-reactive ketones (excluding diaryl/α,β-unsaturated/α-hetero) is 2. The fourth-order valence-electron chi connectivity index (χ4n) is 2.18. The molecule has 5 nitrogen and oxygen atoms in total. The minimum atomic E-state index is -1.36. The van der Waals surface area contributed by atoms with Crippen LogP contribution in [-0.4, -0.2) is 23.8 Å². The van der Waals surface area contributed by atoms with E-state index in [0.717, 1.165) is 6.21 Å². The van der Waals surface area contributed by atoms with Gasteiger partial charge in [-0.05, 0) is 12.0 Å². The molecule has 2 rings (SSSR count). The molecule has 1 aromatic carbocycles. The highest BCUT2D eigenvalue weighted by Crippen LogP contribution is 2.19. The highest BCUT2D eigenvalue weighted by molar-refractivity contribution is 6.15. The quantitative estimate of drug-likeness (QED) is 0.589. The van der Waals surface area contributed by atoms with Crippen molar-refractivity contribution in [1.29, 1.82) is 0 Å². The third-order valence-electron chi connectivity index (χ3n) is 3.26. The molecule has 0 bridgehead atoms. The summed E-state index contributed by atoms with van der Waals surface area (Å²) in [5.41, 5.74) is 0.458.